The van der Waals surface area contributed by atoms with E-state index in [1.807, 2.05) is 0 Å². The van der Waals surface area contributed by atoms with Gasteiger partial charge < -0.3 is 10.8 Å². The zero-order chi connectivity index (χ0) is 13.1. The summed E-state index contributed by atoms with van der Waals surface area (Å²) in [4.78, 5) is 0. The van der Waals surface area contributed by atoms with Crippen molar-refractivity contribution in [3.05, 3.63) is 0 Å². The van der Waals surface area contributed by atoms with Crippen LogP contribution in [0.3, 0.4) is 0 Å². The molecule has 1 aliphatic rings. The van der Waals surface area contributed by atoms with Crippen molar-refractivity contribution in [3.8, 4) is 0 Å². The van der Waals surface area contributed by atoms with Gasteiger partial charge in [-0.25, -0.2) is 0 Å². The van der Waals surface area contributed by atoms with Crippen LogP contribution in [0.15, 0.2) is 0 Å². The van der Waals surface area contributed by atoms with Crippen LogP contribution in [0, 0.1) is 11.8 Å². The largest absolute Gasteiger partial charge is 0.393 e. The molecule has 0 amide bonds. The molecule has 3 N–H and O–H groups in total. The molecule has 0 spiro atoms. The van der Waals surface area contributed by atoms with Crippen molar-refractivity contribution in [2.75, 3.05) is 7.05 Å². The monoisotopic (exact) mass is 243 g/mol. The first kappa shape index (κ1) is 16.9. The molecule has 0 aromatic heterocycles. The number of nitrogens with two attached hydrogens (primary N) is 1. The standard InChI is InChI=1S/C14H28O.CH5N/c1-12(2)11-14(15)10-6-9-13-7-4-3-5-8-13;1-2/h12-15H,3-11H2,1-2H3;2H2,1H3/t14-;/m1./s1. The van der Waals surface area contributed by atoms with Crippen LogP contribution in [-0.4, -0.2) is 18.3 Å². The molecule has 1 atom stereocenters. The zero-order valence-electron chi connectivity index (χ0n) is 12.1. The van der Waals surface area contributed by atoms with Crippen LogP contribution in [0.2, 0.25) is 0 Å². The van der Waals surface area contributed by atoms with Crippen molar-refractivity contribution in [2.45, 2.75) is 77.7 Å². The Bertz CT molecular complexity index is 153. The second-order valence-corrected chi connectivity index (χ2v) is 5.72. The summed E-state index contributed by atoms with van der Waals surface area (Å²) in [5.74, 6) is 1.61. The van der Waals surface area contributed by atoms with E-state index < -0.39 is 0 Å². The third-order valence-electron chi connectivity index (χ3n) is 3.62. The average molecular weight is 243 g/mol. The van der Waals surface area contributed by atoms with Crippen molar-refractivity contribution >= 4 is 0 Å². The summed E-state index contributed by atoms with van der Waals surface area (Å²) in [6.45, 7) is 4.37. The van der Waals surface area contributed by atoms with Crippen molar-refractivity contribution in [2.24, 2.45) is 17.6 Å². The van der Waals surface area contributed by atoms with Gasteiger partial charge in [0.25, 0.3) is 0 Å². The van der Waals surface area contributed by atoms with E-state index in [-0.39, 0.29) is 6.10 Å². The van der Waals surface area contributed by atoms with Crippen LogP contribution >= 0.6 is 0 Å². The van der Waals surface area contributed by atoms with E-state index in [9.17, 15) is 5.11 Å². The van der Waals surface area contributed by atoms with Crippen molar-refractivity contribution < 1.29 is 5.11 Å². The number of rotatable bonds is 6. The van der Waals surface area contributed by atoms with Crippen LogP contribution in [0.25, 0.3) is 0 Å². The molecular weight excluding hydrogens is 210 g/mol. The zero-order valence-corrected chi connectivity index (χ0v) is 12.1. The first-order valence-corrected chi connectivity index (χ1v) is 7.44. The van der Waals surface area contributed by atoms with E-state index in [2.05, 4.69) is 19.6 Å². The SMILES string of the molecule is CC(C)C[C@H](O)CCCC1CCCCC1.CN. The average Bonchev–Trinajstić information content (AvgIpc) is 2.32. The van der Waals surface area contributed by atoms with Gasteiger partial charge in [-0.15, -0.1) is 0 Å². The van der Waals surface area contributed by atoms with E-state index >= 15 is 0 Å². The molecule has 0 heterocycles. The maximum absolute atomic E-state index is 9.75. The Balaban J connectivity index is 0.00000121. The van der Waals surface area contributed by atoms with Crippen LogP contribution in [0.4, 0.5) is 0 Å². The quantitative estimate of drug-likeness (QED) is 0.747. The highest BCUT2D eigenvalue weighted by atomic mass is 16.3. The lowest BCUT2D eigenvalue weighted by Gasteiger charge is -2.22. The fraction of sp³-hybridized carbons (Fsp3) is 1.00. The van der Waals surface area contributed by atoms with Gasteiger partial charge in [0.15, 0.2) is 0 Å². The van der Waals surface area contributed by atoms with E-state index in [0.717, 1.165) is 18.8 Å². The molecule has 0 aromatic rings. The molecule has 1 saturated carbocycles. The molecule has 1 rings (SSSR count). The third kappa shape index (κ3) is 9.61. The van der Waals surface area contributed by atoms with Crippen molar-refractivity contribution in [1.29, 1.82) is 0 Å². The maximum Gasteiger partial charge on any atom is 0.0542 e. The summed E-state index contributed by atoms with van der Waals surface area (Å²) in [6, 6.07) is 0. The predicted molar refractivity (Wildman–Crippen MR) is 76.0 cm³/mol. The van der Waals surface area contributed by atoms with E-state index in [0.29, 0.717) is 5.92 Å². The van der Waals surface area contributed by atoms with Gasteiger partial charge in [0.2, 0.25) is 0 Å². The lowest BCUT2D eigenvalue weighted by atomic mass is 9.85. The highest BCUT2D eigenvalue weighted by molar-refractivity contribution is 4.67. The predicted octanol–water partition coefficient (Wildman–Crippen LogP) is 3.72. The van der Waals surface area contributed by atoms with Gasteiger partial charge in [0.05, 0.1) is 6.10 Å². The molecule has 1 fully saturated rings. The fourth-order valence-electron chi connectivity index (χ4n) is 2.78. The lowest BCUT2D eigenvalue weighted by Crippen LogP contribution is -2.12. The molecule has 1 aliphatic carbocycles. The highest BCUT2D eigenvalue weighted by Gasteiger charge is 2.14. The summed E-state index contributed by atoms with van der Waals surface area (Å²) in [7, 11) is 1.50. The van der Waals surface area contributed by atoms with Gasteiger partial charge in [0.1, 0.15) is 0 Å². The van der Waals surface area contributed by atoms with Crippen LogP contribution < -0.4 is 5.73 Å². The summed E-state index contributed by atoms with van der Waals surface area (Å²) in [5.41, 5.74) is 4.50. The van der Waals surface area contributed by atoms with Gasteiger partial charge in [-0.1, -0.05) is 58.8 Å². The Morgan fingerprint density at radius 2 is 1.71 bits per heavy atom. The van der Waals surface area contributed by atoms with E-state index in [4.69, 9.17) is 0 Å². The Morgan fingerprint density at radius 1 is 1.12 bits per heavy atom. The second kappa shape index (κ2) is 11.0. The number of aliphatic hydroxyl groups is 1. The normalized spacial score (nSPS) is 18.7. The fourth-order valence-corrected chi connectivity index (χ4v) is 2.78. The molecule has 0 bridgehead atoms. The number of hydrogen-bond acceptors (Lipinski definition) is 2. The lowest BCUT2D eigenvalue weighted by molar-refractivity contribution is 0.133. The molecular formula is C15H33NO. The number of hydrogen-bond donors (Lipinski definition) is 2. The van der Waals surface area contributed by atoms with Crippen LogP contribution in [0.5, 0.6) is 0 Å². The second-order valence-electron chi connectivity index (χ2n) is 5.72. The summed E-state index contributed by atoms with van der Waals surface area (Å²) >= 11 is 0. The molecule has 0 aromatic carbocycles. The highest BCUT2D eigenvalue weighted by Crippen LogP contribution is 2.28. The van der Waals surface area contributed by atoms with Gasteiger partial charge in [0, 0.05) is 0 Å². The minimum Gasteiger partial charge on any atom is -0.393 e. The van der Waals surface area contributed by atoms with Gasteiger partial charge >= 0.3 is 0 Å². The number of aliphatic hydroxyl groups excluding tert-OH is 1. The Hall–Kier alpha value is -0.0800. The van der Waals surface area contributed by atoms with Gasteiger partial charge in [-0.3, -0.25) is 0 Å². The Kier molecular flexibility index (Phi) is 11.0. The van der Waals surface area contributed by atoms with E-state index in [1.54, 1.807) is 0 Å². The van der Waals surface area contributed by atoms with Crippen molar-refractivity contribution in [3.63, 3.8) is 0 Å². The molecule has 2 nitrogen and oxygen atoms in total. The Labute approximate surface area is 108 Å². The van der Waals surface area contributed by atoms with Crippen molar-refractivity contribution in [1.82, 2.24) is 0 Å². The molecule has 2 heteroatoms. The van der Waals surface area contributed by atoms with Crippen LogP contribution in [-0.2, 0) is 0 Å². The van der Waals surface area contributed by atoms with Gasteiger partial charge in [-0.2, -0.15) is 0 Å². The van der Waals surface area contributed by atoms with Gasteiger partial charge in [-0.05, 0) is 31.7 Å². The molecule has 0 aliphatic heterocycles. The minimum absolute atomic E-state index is 0.0476. The summed E-state index contributed by atoms with van der Waals surface area (Å²) < 4.78 is 0. The molecule has 17 heavy (non-hydrogen) atoms. The minimum atomic E-state index is -0.0476. The first-order chi connectivity index (χ1) is 8.18. The smallest absolute Gasteiger partial charge is 0.0542 e. The Morgan fingerprint density at radius 3 is 2.24 bits per heavy atom. The first-order valence-electron chi connectivity index (χ1n) is 7.44. The third-order valence-corrected chi connectivity index (χ3v) is 3.62. The molecule has 104 valence electrons. The molecule has 0 radical (unpaired) electrons. The van der Waals surface area contributed by atoms with E-state index in [1.165, 1.54) is 52.0 Å². The maximum atomic E-state index is 9.75. The molecule has 0 unspecified atom stereocenters. The topological polar surface area (TPSA) is 46.2 Å². The van der Waals surface area contributed by atoms with Crippen LogP contribution in [0.1, 0.15) is 71.6 Å². The molecule has 0 saturated heterocycles. The summed E-state index contributed by atoms with van der Waals surface area (Å²) in [5, 5.41) is 9.75. The summed E-state index contributed by atoms with van der Waals surface area (Å²) in [6.07, 6.45) is 11.8.